The van der Waals surface area contributed by atoms with Crippen LogP contribution in [-0.2, 0) is 16.6 Å². The van der Waals surface area contributed by atoms with E-state index in [9.17, 15) is 8.42 Å². The van der Waals surface area contributed by atoms with E-state index in [1.807, 2.05) is 54.6 Å². The van der Waals surface area contributed by atoms with Crippen LogP contribution >= 0.6 is 0 Å². The molecule has 5 heteroatoms. The van der Waals surface area contributed by atoms with Gasteiger partial charge in [0.2, 0.25) is 10.0 Å². The van der Waals surface area contributed by atoms with Gasteiger partial charge in [0, 0.05) is 5.56 Å². The zero-order chi connectivity index (χ0) is 17.0. The van der Waals surface area contributed by atoms with Crippen molar-refractivity contribution < 1.29 is 13.2 Å². The molecule has 0 saturated carbocycles. The summed E-state index contributed by atoms with van der Waals surface area (Å²) in [5.41, 5.74) is 2.25. The predicted molar refractivity (Wildman–Crippen MR) is 94.0 cm³/mol. The van der Waals surface area contributed by atoms with Gasteiger partial charge in [-0.2, -0.15) is 0 Å². The predicted octanol–water partition coefficient (Wildman–Crippen LogP) is 3.58. The van der Waals surface area contributed by atoms with Crippen molar-refractivity contribution in [1.82, 2.24) is 0 Å². The maximum absolute atomic E-state index is 11.9. The molecule has 4 nitrogen and oxygen atoms in total. The molecule has 0 saturated heterocycles. The summed E-state index contributed by atoms with van der Waals surface area (Å²) in [5, 5.41) is 5.35. The number of primary sulfonamides is 1. The highest BCUT2D eigenvalue weighted by atomic mass is 32.2. The molecule has 0 fully saturated rings. The van der Waals surface area contributed by atoms with Gasteiger partial charge < -0.3 is 4.74 Å². The average Bonchev–Trinajstić information content (AvgIpc) is 2.60. The van der Waals surface area contributed by atoms with Crippen LogP contribution in [0.1, 0.15) is 5.56 Å². The maximum Gasteiger partial charge on any atom is 0.238 e. The zero-order valence-electron chi connectivity index (χ0n) is 12.9. The van der Waals surface area contributed by atoms with Gasteiger partial charge in [0.05, 0.1) is 4.90 Å². The van der Waals surface area contributed by atoms with Crippen LogP contribution in [0.3, 0.4) is 0 Å². The molecule has 0 spiro atoms. The van der Waals surface area contributed by atoms with Crippen molar-refractivity contribution in [3.63, 3.8) is 0 Å². The van der Waals surface area contributed by atoms with Gasteiger partial charge in [-0.1, -0.05) is 60.7 Å². The van der Waals surface area contributed by atoms with E-state index in [1.165, 1.54) is 6.07 Å². The van der Waals surface area contributed by atoms with Crippen LogP contribution < -0.4 is 9.88 Å². The Morgan fingerprint density at radius 3 is 2.04 bits per heavy atom. The minimum Gasteiger partial charge on any atom is -0.489 e. The van der Waals surface area contributed by atoms with Gasteiger partial charge in [-0.25, -0.2) is 13.6 Å². The van der Waals surface area contributed by atoms with Crippen molar-refractivity contribution >= 4 is 10.0 Å². The number of sulfonamides is 1. The summed E-state index contributed by atoms with van der Waals surface area (Å²) in [7, 11) is -3.81. The first-order chi connectivity index (χ1) is 11.6. The Morgan fingerprint density at radius 2 is 1.33 bits per heavy atom. The molecule has 0 bridgehead atoms. The molecule has 2 N–H and O–H groups in total. The Morgan fingerprint density at radius 1 is 0.750 bits per heavy atom. The summed E-state index contributed by atoms with van der Waals surface area (Å²) >= 11 is 0. The monoisotopic (exact) mass is 339 g/mol. The second kappa shape index (κ2) is 6.86. The third kappa shape index (κ3) is 3.64. The molecule has 3 rings (SSSR count). The summed E-state index contributed by atoms with van der Waals surface area (Å²) in [4.78, 5) is 0.108. The second-order valence-electron chi connectivity index (χ2n) is 5.30. The van der Waals surface area contributed by atoms with E-state index in [-0.39, 0.29) is 4.90 Å². The van der Waals surface area contributed by atoms with Crippen molar-refractivity contribution in [2.45, 2.75) is 11.5 Å². The lowest BCUT2D eigenvalue weighted by Crippen LogP contribution is -2.13. The number of nitrogens with two attached hydrogens (primary N) is 1. The summed E-state index contributed by atoms with van der Waals surface area (Å²) in [6.07, 6.45) is 0. The van der Waals surface area contributed by atoms with Gasteiger partial charge in [-0.15, -0.1) is 0 Å². The van der Waals surface area contributed by atoms with Gasteiger partial charge in [0.1, 0.15) is 12.4 Å². The quantitative estimate of drug-likeness (QED) is 0.772. The fourth-order valence-electron chi connectivity index (χ4n) is 2.52. The molecular formula is C19H17NO3S. The number of benzene rings is 3. The first-order valence-electron chi connectivity index (χ1n) is 7.43. The topological polar surface area (TPSA) is 69.4 Å². The number of hydrogen-bond acceptors (Lipinski definition) is 3. The van der Waals surface area contributed by atoms with Crippen molar-refractivity contribution in [2.24, 2.45) is 5.14 Å². The van der Waals surface area contributed by atoms with Crippen molar-refractivity contribution in [1.29, 1.82) is 0 Å². The normalized spacial score (nSPS) is 11.2. The fourth-order valence-corrected chi connectivity index (χ4v) is 3.28. The smallest absolute Gasteiger partial charge is 0.238 e. The molecule has 0 aliphatic carbocycles. The van der Waals surface area contributed by atoms with E-state index in [0.29, 0.717) is 12.2 Å². The molecule has 0 aliphatic heterocycles. The van der Waals surface area contributed by atoms with E-state index in [2.05, 4.69) is 0 Å². The lowest BCUT2D eigenvalue weighted by Gasteiger charge is -2.13. The number of rotatable bonds is 5. The summed E-state index contributed by atoms with van der Waals surface area (Å²) in [6, 6.07) is 23.7. The lowest BCUT2D eigenvalue weighted by molar-refractivity contribution is 0.306. The molecule has 3 aromatic carbocycles. The average molecular weight is 339 g/mol. The first kappa shape index (κ1) is 16.2. The minimum atomic E-state index is -3.81. The third-order valence-electron chi connectivity index (χ3n) is 3.64. The van der Waals surface area contributed by atoms with Gasteiger partial charge in [0.15, 0.2) is 0 Å². The van der Waals surface area contributed by atoms with Gasteiger partial charge in [-0.3, -0.25) is 0 Å². The Hall–Kier alpha value is -2.63. The molecule has 3 aromatic rings. The van der Waals surface area contributed by atoms with Crippen LogP contribution in [0.15, 0.2) is 83.8 Å². The van der Waals surface area contributed by atoms with E-state index in [1.54, 1.807) is 18.2 Å². The summed E-state index contributed by atoms with van der Waals surface area (Å²) in [6.45, 7) is 0.332. The molecular weight excluding hydrogens is 322 g/mol. The van der Waals surface area contributed by atoms with Crippen molar-refractivity contribution in [2.75, 3.05) is 0 Å². The molecule has 0 atom stereocenters. The van der Waals surface area contributed by atoms with E-state index in [4.69, 9.17) is 9.88 Å². The molecule has 0 aromatic heterocycles. The summed E-state index contributed by atoms with van der Waals surface area (Å²) < 4.78 is 29.5. The molecule has 0 aliphatic rings. The van der Waals surface area contributed by atoms with Gasteiger partial charge in [0.25, 0.3) is 0 Å². The van der Waals surface area contributed by atoms with Gasteiger partial charge >= 0.3 is 0 Å². The van der Waals surface area contributed by atoms with E-state index < -0.39 is 10.0 Å². The van der Waals surface area contributed by atoms with Crippen molar-refractivity contribution in [3.05, 3.63) is 84.4 Å². The SMILES string of the molecule is NS(=O)(=O)c1ccccc1-c1ccccc1COc1ccccc1. The third-order valence-corrected chi connectivity index (χ3v) is 4.61. The Kier molecular flexibility index (Phi) is 4.64. The largest absolute Gasteiger partial charge is 0.489 e. The number of para-hydroxylation sites is 1. The van der Waals surface area contributed by atoms with Crippen LogP contribution in [0, 0.1) is 0 Å². The van der Waals surface area contributed by atoms with Crippen LogP contribution in [0.5, 0.6) is 5.75 Å². The van der Waals surface area contributed by atoms with Crippen molar-refractivity contribution in [3.8, 4) is 16.9 Å². The Balaban J connectivity index is 1.99. The maximum atomic E-state index is 11.9. The van der Waals surface area contributed by atoms with Crippen LogP contribution in [0.2, 0.25) is 0 Å². The summed E-state index contributed by atoms with van der Waals surface area (Å²) in [5.74, 6) is 0.757. The standard InChI is InChI=1S/C19H17NO3S/c20-24(21,22)19-13-7-6-12-18(19)17-11-5-4-8-15(17)14-23-16-9-2-1-3-10-16/h1-13H,14H2,(H2,20,21,22). The highest BCUT2D eigenvalue weighted by Crippen LogP contribution is 2.30. The minimum absolute atomic E-state index is 0.108. The number of hydrogen-bond donors (Lipinski definition) is 1. The van der Waals surface area contributed by atoms with Crippen LogP contribution in [-0.4, -0.2) is 8.42 Å². The zero-order valence-corrected chi connectivity index (χ0v) is 13.7. The van der Waals surface area contributed by atoms with Gasteiger partial charge in [-0.05, 0) is 29.3 Å². The van der Waals surface area contributed by atoms with Crippen LogP contribution in [0.4, 0.5) is 0 Å². The molecule has 0 unspecified atom stereocenters. The lowest BCUT2D eigenvalue weighted by atomic mass is 10.00. The van der Waals surface area contributed by atoms with E-state index in [0.717, 1.165) is 16.9 Å². The molecule has 122 valence electrons. The first-order valence-corrected chi connectivity index (χ1v) is 8.98. The molecule has 24 heavy (non-hydrogen) atoms. The fraction of sp³-hybridized carbons (Fsp3) is 0.0526. The van der Waals surface area contributed by atoms with Crippen LogP contribution in [0.25, 0.3) is 11.1 Å². The Bertz CT molecular complexity index is 938. The molecule has 0 heterocycles. The second-order valence-corrected chi connectivity index (χ2v) is 6.83. The Labute approximate surface area is 141 Å². The number of ether oxygens (including phenoxy) is 1. The highest BCUT2D eigenvalue weighted by molar-refractivity contribution is 7.89. The van der Waals surface area contributed by atoms with E-state index >= 15 is 0 Å². The molecule has 0 amide bonds. The molecule has 0 radical (unpaired) electrons. The highest BCUT2D eigenvalue weighted by Gasteiger charge is 2.16.